The third kappa shape index (κ3) is 4.43. The van der Waals surface area contributed by atoms with E-state index < -0.39 is 11.8 Å². The molecule has 0 bridgehead atoms. The highest BCUT2D eigenvalue weighted by Crippen LogP contribution is 2.36. The van der Waals surface area contributed by atoms with Gasteiger partial charge in [-0.05, 0) is 49.7 Å². The van der Waals surface area contributed by atoms with Crippen molar-refractivity contribution >= 4 is 40.4 Å². The Morgan fingerprint density at radius 3 is 2.39 bits per heavy atom. The molecule has 4 rings (SSSR count). The quantitative estimate of drug-likeness (QED) is 0.473. The zero-order chi connectivity index (χ0) is 23.5. The number of hydrogen-bond acceptors (Lipinski definition) is 5. The van der Waals surface area contributed by atoms with Crippen LogP contribution in [-0.4, -0.2) is 25.5 Å². The van der Waals surface area contributed by atoms with Gasteiger partial charge in [0.15, 0.2) is 0 Å². The van der Waals surface area contributed by atoms with Gasteiger partial charge in [0.2, 0.25) is 0 Å². The van der Waals surface area contributed by atoms with E-state index in [1.807, 2.05) is 38.1 Å². The van der Waals surface area contributed by atoms with Crippen LogP contribution in [0.25, 0.3) is 5.57 Å². The van der Waals surface area contributed by atoms with E-state index in [4.69, 9.17) is 21.1 Å². The molecule has 3 aromatic carbocycles. The second-order valence-corrected chi connectivity index (χ2v) is 7.87. The lowest BCUT2D eigenvalue weighted by molar-refractivity contribution is -0.120. The van der Waals surface area contributed by atoms with Crippen molar-refractivity contribution in [3.63, 3.8) is 0 Å². The minimum atomic E-state index is -0.462. The summed E-state index contributed by atoms with van der Waals surface area (Å²) in [6, 6.07) is 19.5. The van der Waals surface area contributed by atoms with E-state index in [-0.39, 0.29) is 11.3 Å². The third-order valence-electron chi connectivity index (χ3n) is 5.23. The van der Waals surface area contributed by atoms with Gasteiger partial charge in [0.25, 0.3) is 11.8 Å². The van der Waals surface area contributed by atoms with Gasteiger partial charge in [-0.2, -0.15) is 0 Å². The van der Waals surface area contributed by atoms with Crippen LogP contribution in [0.2, 0.25) is 5.02 Å². The number of carbonyl (C=O) groups excluding carboxylic acids is 2. The van der Waals surface area contributed by atoms with E-state index >= 15 is 0 Å². The Morgan fingerprint density at radius 2 is 1.73 bits per heavy atom. The first-order chi connectivity index (χ1) is 15.9. The van der Waals surface area contributed by atoms with Gasteiger partial charge in [-0.3, -0.25) is 9.59 Å². The molecule has 0 saturated heterocycles. The number of hydrogen-bond donors (Lipinski definition) is 1. The van der Waals surface area contributed by atoms with Gasteiger partial charge < -0.3 is 14.8 Å². The number of halogens is 1. The number of carbonyl (C=O) groups is 2. The summed E-state index contributed by atoms with van der Waals surface area (Å²) in [5.74, 6) is 0.213. The number of amides is 2. The second kappa shape index (κ2) is 9.38. The SMILES string of the molecule is CCOc1cccc(N2C(=O)C(Nc3ccc(OC)c(Cl)c3)=C(c3ccc(C)cc3)C2=O)c1. The van der Waals surface area contributed by atoms with Gasteiger partial charge >= 0.3 is 0 Å². The van der Waals surface area contributed by atoms with E-state index in [2.05, 4.69) is 5.32 Å². The summed E-state index contributed by atoms with van der Waals surface area (Å²) in [5, 5.41) is 3.50. The molecule has 0 spiro atoms. The Balaban J connectivity index is 1.79. The lowest BCUT2D eigenvalue weighted by Gasteiger charge is -2.16. The van der Waals surface area contributed by atoms with Crippen molar-refractivity contribution in [3.8, 4) is 11.5 Å². The Hall–Kier alpha value is -3.77. The van der Waals surface area contributed by atoms with Crippen LogP contribution in [0.5, 0.6) is 11.5 Å². The van der Waals surface area contributed by atoms with Crippen LogP contribution in [0.15, 0.2) is 72.4 Å². The average Bonchev–Trinajstić information content (AvgIpc) is 3.04. The van der Waals surface area contributed by atoms with Crippen molar-refractivity contribution in [1.82, 2.24) is 0 Å². The monoisotopic (exact) mass is 462 g/mol. The molecule has 33 heavy (non-hydrogen) atoms. The maximum atomic E-state index is 13.6. The number of benzene rings is 3. The topological polar surface area (TPSA) is 67.9 Å². The molecule has 1 aliphatic heterocycles. The fourth-order valence-corrected chi connectivity index (χ4v) is 3.89. The lowest BCUT2D eigenvalue weighted by Crippen LogP contribution is -2.32. The largest absolute Gasteiger partial charge is 0.495 e. The Labute approximate surface area is 197 Å². The molecule has 0 saturated carbocycles. The molecule has 6 nitrogen and oxygen atoms in total. The van der Waals surface area contributed by atoms with Crippen LogP contribution < -0.4 is 19.7 Å². The molecule has 3 aromatic rings. The van der Waals surface area contributed by atoms with Crippen molar-refractivity contribution in [2.45, 2.75) is 13.8 Å². The van der Waals surface area contributed by atoms with E-state index in [0.717, 1.165) is 10.5 Å². The van der Waals surface area contributed by atoms with Gasteiger partial charge in [-0.1, -0.05) is 47.5 Å². The first kappa shape index (κ1) is 22.4. The molecular formula is C26H23ClN2O4. The molecule has 1 heterocycles. The summed E-state index contributed by atoms with van der Waals surface area (Å²) in [7, 11) is 1.53. The van der Waals surface area contributed by atoms with Gasteiger partial charge in [0, 0.05) is 11.8 Å². The molecular weight excluding hydrogens is 440 g/mol. The van der Waals surface area contributed by atoms with Crippen LogP contribution in [0, 0.1) is 6.92 Å². The van der Waals surface area contributed by atoms with E-state index in [0.29, 0.717) is 40.1 Å². The van der Waals surface area contributed by atoms with Gasteiger partial charge in [0.05, 0.1) is 30.0 Å². The minimum Gasteiger partial charge on any atom is -0.495 e. The predicted molar refractivity (Wildman–Crippen MR) is 130 cm³/mol. The summed E-state index contributed by atoms with van der Waals surface area (Å²) >= 11 is 6.27. The maximum Gasteiger partial charge on any atom is 0.282 e. The molecule has 7 heteroatoms. The Bertz CT molecular complexity index is 1250. The number of imide groups is 1. The number of anilines is 2. The number of aryl methyl sites for hydroxylation is 1. The molecule has 2 amide bonds. The highest BCUT2D eigenvalue weighted by Gasteiger charge is 2.40. The average molecular weight is 463 g/mol. The highest BCUT2D eigenvalue weighted by molar-refractivity contribution is 6.46. The molecule has 1 aliphatic rings. The van der Waals surface area contributed by atoms with Crippen LogP contribution >= 0.6 is 11.6 Å². The van der Waals surface area contributed by atoms with E-state index in [1.165, 1.54) is 7.11 Å². The first-order valence-electron chi connectivity index (χ1n) is 10.5. The maximum absolute atomic E-state index is 13.6. The van der Waals surface area contributed by atoms with Crippen molar-refractivity contribution in [2.75, 3.05) is 23.9 Å². The molecule has 0 aromatic heterocycles. The van der Waals surface area contributed by atoms with Crippen molar-refractivity contribution in [1.29, 1.82) is 0 Å². The summed E-state index contributed by atoms with van der Waals surface area (Å²) in [6.07, 6.45) is 0. The molecule has 0 atom stereocenters. The summed E-state index contributed by atoms with van der Waals surface area (Å²) in [5.41, 5.74) is 3.15. The highest BCUT2D eigenvalue weighted by atomic mass is 35.5. The zero-order valence-corrected chi connectivity index (χ0v) is 19.3. The number of nitrogens with one attached hydrogen (secondary N) is 1. The van der Waals surface area contributed by atoms with Gasteiger partial charge in [-0.15, -0.1) is 0 Å². The first-order valence-corrected chi connectivity index (χ1v) is 10.8. The fourth-order valence-electron chi connectivity index (χ4n) is 3.64. The molecule has 0 radical (unpaired) electrons. The molecule has 0 fully saturated rings. The normalized spacial score (nSPS) is 13.5. The van der Waals surface area contributed by atoms with Crippen LogP contribution in [-0.2, 0) is 9.59 Å². The van der Waals surface area contributed by atoms with E-state index in [1.54, 1.807) is 42.5 Å². The minimum absolute atomic E-state index is 0.173. The van der Waals surface area contributed by atoms with Gasteiger partial charge in [-0.25, -0.2) is 4.90 Å². The van der Waals surface area contributed by atoms with Crippen molar-refractivity contribution in [3.05, 3.63) is 88.6 Å². The van der Waals surface area contributed by atoms with Crippen molar-refractivity contribution in [2.24, 2.45) is 0 Å². The zero-order valence-electron chi connectivity index (χ0n) is 18.5. The number of ether oxygens (including phenoxy) is 2. The van der Waals surface area contributed by atoms with Crippen LogP contribution in [0.3, 0.4) is 0 Å². The molecule has 168 valence electrons. The third-order valence-corrected chi connectivity index (χ3v) is 5.53. The summed E-state index contributed by atoms with van der Waals surface area (Å²) in [6.45, 7) is 4.31. The lowest BCUT2D eigenvalue weighted by atomic mass is 10.0. The molecule has 1 N–H and O–H groups in total. The number of rotatable bonds is 7. The summed E-state index contributed by atoms with van der Waals surface area (Å²) < 4.78 is 10.8. The van der Waals surface area contributed by atoms with Gasteiger partial charge in [0.1, 0.15) is 17.2 Å². The second-order valence-electron chi connectivity index (χ2n) is 7.47. The Morgan fingerprint density at radius 1 is 0.970 bits per heavy atom. The number of nitrogens with zero attached hydrogens (tertiary/aromatic N) is 1. The number of methoxy groups -OCH3 is 1. The molecule has 0 unspecified atom stereocenters. The molecule has 0 aliphatic carbocycles. The van der Waals surface area contributed by atoms with Crippen LogP contribution in [0.4, 0.5) is 11.4 Å². The Kier molecular flexibility index (Phi) is 6.38. The smallest absolute Gasteiger partial charge is 0.282 e. The summed E-state index contributed by atoms with van der Waals surface area (Å²) in [4.78, 5) is 28.3. The van der Waals surface area contributed by atoms with Crippen LogP contribution in [0.1, 0.15) is 18.1 Å². The fraction of sp³-hybridized carbons (Fsp3) is 0.154. The van der Waals surface area contributed by atoms with E-state index in [9.17, 15) is 9.59 Å². The van der Waals surface area contributed by atoms with Crippen molar-refractivity contribution < 1.29 is 19.1 Å². The standard InChI is InChI=1S/C26H23ClN2O4/c1-4-33-20-7-5-6-19(15-20)29-25(30)23(17-10-8-16(2)9-11-17)24(26(29)31)28-18-12-13-22(32-3)21(27)14-18/h5-15,28H,4H2,1-3H3. The predicted octanol–water partition coefficient (Wildman–Crippen LogP) is 5.45.